The van der Waals surface area contributed by atoms with Crippen LogP contribution in [0.1, 0.15) is 12.5 Å². The van der Waals surface area contributed by atoms with E-state index < -0.39 is 11.5 Å². The van der Waals surface area contributed by atoms with Gasteiger partial charge in [0.1, 0.15) is 17.3 Å². The van der Waals surface area contributed by atoms with E-state index in [0.717, 1.165) is 16.5 Å². The summed E-state index contributed by atoms with van der Waals surface area (Å²) in [6.45, 7) is 1.41. The van der Waals surface area contributed by atoms with Gasteiger partial charge in [0.2, 0.25) is 0 Å². The molecule has 0 fully saturated rings. The molecule has 2 heterocycles. The molecule has 0 aliphatic carbocycles. The summed E-state index contributed by atoms with van der Waals surface area (Å²) in [6.07, 6.45) is 0. The van der Waals surface area contributed by atoms with Crippen molar-refractivity contribution >= 4 is 22.5 Å². The third-order valence-corrected chi connectivity index (χ3v) is 4.60. The second kappa shape index (κ2) is 6.88. The summed E-state index contributed by atoms with van der Waals surface area (Å²) < 4.78 is 27.9. The molecule has 0 aliphatic heterocycles. The first-order valence-corrected chi connectivity index (χ1v) is 8.69. The summed E-state index contributed by atoms with van der Waals surface area (Å²) in [6, 6.07) is 14.5. The molecule has 142 valence electrons. The maximum atomic E-state index is 14.9. The Balaban J connectivity index is 1.48. The van der Waals surface area contributed by atoms with Crippen LogP contribution in [-0.2, 0) is 5.67 Å². The highest BCUT2D eigenvalue weighted by Gasteiger charge is 2.25. The number of halogens is 2. The average Bonchev–Trinajstić information content (AvgIpc) is 3.07. The number of aromatic amines is 1. The van der Waals surface area contributed by atoms with Crippen molar-refractivity contribution in [3.8, 4) is 11.3 Å². The number of nitrogens with zero attached hydrogens (tertiary/aromatic N) is 3. The van der Waals surface area contributed by atoms with E-state index in [2.05, 4.69) is 25.7 Å². The number of fused-ring (bicyclic) bond motifs is 1. The smallest absolute Gasteiger partial charge is 0.153 e. The molecule has 1 unspecified atom stereocenters. The Kier molecular flexibility index (Phi) is 4.38. The normalized spacial score (nSPS) is 13.4. The quantitative estimate of drug-likeness (QED) is 0.486. The van der Waals surface area contributed by atoms with Gasteiger partial charge in [0, 0.05) is 10.9 Å². The van der Waals surface area contributed by atoms with Gasteiger partial charge in [-0.3, -0.25) is 5.10 Å². The Morgan fingerprint density at radius 3 is 2.57 bits per heavy atom. The number of hydrogen-bond acceptors (Lipinski definition) is 5. The molecule has 6 nitrogen and oxygen atoms in total. The van der Waals surface area contributed by atoms with Crippen LogP contribution >= 0.6 is 0 Å². The average molecular weight is 380 g/mol. The minimum absolute atomic E-state index is 0.0236. The van der Waals surface area contributed by atoms with Gasteiger partial charge < -0.3 is 11.1 Å². The van der Waals surface area contributed by atoms with Gasteiger partial charge in [-0.25, -0.2) is 8.78 Å². The summed E-state index contributed by atoms with van der Waals surface area (Å²) in [7, 11) is 0. The first kappa shape index (κ1) is 17.8. The number of alkyl halides is 1. The molecule has 2 aromatic carbocycles. The number of nitrogens with two attached hydrogens (primary N) is 1. The maximum absolute atomic E-state index is 14.9. The molecular weight excluding hydrogens is 362 g/mol. The maximum Gasteiger partial charge on any atom is 0.153 e. The Labute approximate surface area is 159 Å². The van der Waals surface area contributed by atoms with E-state index in [1.165, 1.54) is 31.2 Å². The Bertz CT molecular complexity index is 1100. The number of rotatable bonds is 5. The predicted octanol–water partition coefficient (Wildman–Crippen LogP) is 4.04. The largest absolute Gasteiger partial charge is 0.382 e. The lowest BCUT2D eigenvalue weighted by Gasteiger charge is -2.21. The van der Waals surface area contributed by atoms with Gasteiger partial charge in [0.15, 0.2) is 5.82 Å². The van der Waals surface area contributed by atoms with Gasteiger partial charge in [0.05, 0.1) is 17.8 Å². The molecule has 4 aromatic rings. The fourth-order valence-electron chi connectivity index (χ4n) is 2.93. The van der Waals surface area contributed by atoms with Crippen LogP contribution in [0.2, 0.25) is 0 Å². The van der Waals surface area contributed by atoms with E-state index >= 15 is 0 Å². The third kappa shape index (κ3) is 3.48. The molecule has 8 heteroatoms. The number of benzene rings is 2. The molecule has 0 saturated carbocycles. The fourth-order valence-corrected chi connectivity index (χ4v) is 2.93. The van der Waals surface area contributed by atoms with Crippen LogP contribution in [0.3, 0.4) is 0 Å². The zero-order valence-corrected chi connectivity index (χ0v) is 15.1. The highest BCUT2D eigenvalue weighted by molar-refractivity contribution is 5.91. The van der Waals surface area contributed by atoms with Gasteiger partial charge >= 0.3 is 0 Å². The van der Waals surface area contributed by atoms with Crippen molar-refractivity contribution in [3.05, 3.63) is 66.0 Å². The van der Waals surface area contributed by atoms with Crippen LogP contribution < -0.4 is 11.1 Å². The molecule has 28 heavy (non-hydrogen) atoms. The van der Waals surface area contributed by atoms with Crippen LogP contribution in [0.15, 0.2) is 54.6 Å². The van der Waals surface area contributed by atoms with Gasteiger partial charge in [-0.2, -0.15) is 5.10 Å². The first-order chi connectivity index (χ1) is 13.4. The molecule has 0 radical (unpaired) electrons. The summed E-state index contributed by atoms with van der Waals surface area (Å²) >= 11 is 0. The SMILES string of the molecule is CC(F)(CNc1ccc(-c2ccc3[nH]nc(N)c3c2)nn1)c1ccc(F)cc1. The lowest BCUT2D eigenvalue weighted by atomic mass is 9.98. The second-order valence-electron chi connectivity index (χ2n) is 6.73. The van der Waals surface area contributed by atoms with E-state index in [0.29, 0.717) is 22.9 Å². The van der Waals surface area contributed by atoms with E-state index in [1.807, 2.05) is 18.2 Å². The number of anilines is 2. The monoisotopic (exact) mass is 380 g/mol. The molecule has 0 saturated heterocycles. The number of aromatic nitrogens is 4. The predicted molar refractivity (Wildman–Crippen MR) is 105 cm³/mol. The molecule has 0 amide bonds. The number of nitrogens with one attached hydrogen (secondary N) is 2. The topological polar surface area (TPSA) is 92.5 Å². The molecule has 0 aliphatic rings. The number of hydrogen-bond donors (Lipinski definition) is 3. The summed E-state index contributed by atoms with van der Waals surface area (Å²) in [5.74, 6) is 0.467. The zero-order valence-electron chi connectivity index (χ0n) is 15.1. The van der Waals surface area contributed by atoms with Crippen molar-refractivity contribution in [2.24, 2.45) is 0 Å². The van der Waals surface area contributed by atoms with Crippen LogP contribution in [0, 0.1) is 5.82 Å². The van der Waals surface area contributed by atoms with Gasteiger partial charge in [-0.05, 0) is 48.9 Å². The lowest BCUT2D eigenvalue weighted by Crippen LogP contribution is -2.26. The Morgan fingerprint density at radius 2 is 1.86 bits per heavy atom. The third-order valence-electron chi connectivity index (χ3n) is 4.60. The van der Waals surface area contributed by atoms with Crippen molar-refractivity contribution in [1.29, 1.82) is 0 Å². The number of nitrogen functional groups attached to an aromatic ring is 1. The standard InChI is InChI=1S/C20H18F2N6/c1-20(22,13-3-5-14(21)6-4-13)11-24-18-9-8-16(25-27-18)12-2-7-17-15(10-12)19(23)28-26-17/h2-10H,11H2,1H3,(H,24,27)(H3,23,26,28). The molecule has 2 aromatic heterocycles. The molecule has 0 bridgehead atoms. The van der Waals surface area contributed by atoms with Gasteiger partial charge in [-0.15, -0.1) is 10.2 Å². The minimum atomic E-state index is -1.68. The molecule has 4 rings (SSSR count). The second-order valence-corrected chi connectivity index (χ2v) is 6.73. The fraction of sp³-hybridized carbons (Fsp3) is 0.150. The van der Waals surface area contributed by atoms with E-state index in [-0.39, 0.29) is 6.54 Å². The van der Waals surface area contributed by atoms with Crippen LogP contribution in [0.4, 0.5) is 20.4 Å². The molecular formula is C20H18F2N6. The molecule has 0 spiro atoms. The summed E-state index contributed by atoms with van der Waals surface area (Å²) in [5.41, 5.74) is 6.90. The van der Waals surface area contributed by atoms with E-state index in [4.69, 9.17) is 5.73 Å². The highest BCUT2D eigenvalue weighted by atomic mass is 19.1. The lowest BCUT2D eigenvalue weighted by molar-refractivity contribution is 0.210. The van der Waals surface area contributed by atoms with E-state index in [9.17, 15) is 8.78 Å². The molecule has 1 atom stereocenters. The van der Waals surface area contributed by atoms with Crippen LogP contribution in [0.25, 0.3) is 22.2 Å². The van der Waals surface area contributed by atoms with Crippen molar-refractivity contribution < 1.29 is 8.78 Å². The Morgan fingerprint density at radius 1 is 1.07 bits per heavy atom. The highest BCUT2D eigenvalue weighted by Crippen LogP contribution is 2.27. The van der Waals surface area contributed by atoms with E-state index in [1.54, 1.807) is 12.1 Å². The molecule has 4 N–H and O–H groups in total. The number of H-pyrrole nitrogens is 1. The minimum Gasteiger partial charge on any atom is -0.382 e. The van der Waals surface area contributed by atoms with Crippen LogP contribution in [0.5, 0.6) is 0 Å². The summed E-state index contributed by atoms with van der Waals surface area (Å²) in [4.78, 5) is 0. The summed E-state index contributed by atoms with van der Waals surface area (Å²) in [5, 5.41) is 18.9. The van der Waals surface area contributed by atoms with Crippen molar-refractivity contribution in [2.75, 3.05) is 17.6 Å². The van der Waals surface area contributed by atoms with Crippen molar-refractivity contribution in [2.45, 2.75) is 12.6 Å². The van der Waals surface area contributed by atoms with Crippen molar-refractivity contribution in [1.82, 2.24) is 20.4 Å². The first-order valence-electron chi connectivity index (χ1n) is 8.69. The van der Waals surface area contributed by atoms with Crippen molar-refractivity contribution in [3.63, 3.8) is 0 Å². The Hall–Kier alpha value is -3.55. The zero-order chi connectivity index (χ0) is 19.7. The van der Waals surface area contributed by atoms with Gasteiger partial charge in [-0.1, -0.05) is 18.2 Å². The van der Waals surface area contributed by atoms with Gasteiger partial charge in [0.25, 0.3) is 0 Å². The van der Waals surface area contributed by atoms with Crippen LogP contribution in [-0.4, -0.2) is 26.9 Å².